The SMILES string of the molecule is Cc1csc(C(NC(=O)NC(CO)c2ccccc2)C2CC2)n1. The van der Waals surface area contributed by atoms with E-state index in [9.17, 15) is 9.90 Å². The van der Waals surface area contributed by atoms with Crippen LogP contribution in [0.15, 0.2) is 35.7 Å². The molecule has 6 heteroatoms. The summed E-state index contributed by atoms with van der Waals surface area (Å²) < 4.78 is 0. The maximum Gasteiger partial charge on any atom is 0.315 e. The van der Waals surface area contributed by atoms with E-state index in [2.05, 4.69) is 15.6 Å². The number of aliphatic hydroxyl groups is 1. The summed E-state index contributed by atoms with van der Waals surface area (Å²) in [4.78, 5) is 16.9. The summed E-state index contributed by atoms with van der Waals surface area (Å²) in [6, 6.07) is 8.76. The number of aliphatic hydroxyl groups excluding tert-OH is 1. The minimum atomic E-state index is -0.408. The Morgan fingerprint density at radius 1 is 1.35 bits per heavy atom. The number of hydrogen-bond acceptors (Lipinski definition) is 4. The van der Waals surface area contributed by atoms with E-state index in [1.807, 2.05) is 42.6 Å². The maximum atomic E-state index is 12.4. The predicted molar refractivity (Wildman–Crippen MR) is 90.3 cm³/mol. The van der Waals surface area contributed by atoms with Gasteiger partial charge in [0, 0.05) is 11.1 Å². The van der Waals surface area contributed by atoms with Crippen molar-refractivity contribution in [3.05, 3.63) is 52.0 Å². The van der Waals surface area contributed by atoms with Crippen molar-refractivity contribution in [2.45, 2.75) is 31.8 Å². The fraction of sp³-hybridized carbons (Fsp3) is 0.412. The molecule has 122 valence electrons. The normalized spacial score (nSPS) is 16.6. The Kier molecular flexibility index (Phi) is 4.93. The number of nitrogens with one attached hydrogen (secondary N) is 2. The van der Waals surface area contributed by atoms with Crippen LogP contribution in [0.1, 0.15) is 41.2 Å². The summed E-state index contributed by atoms with van der Waals surface area (Å²) in [6.45, 7) is 1.82. The quantitative estimate of drug-likeness (QED) is 0.762. The van der Waals surface area contributed by atoms with Crippen molar-refractivity contribution in [2.75, 3.05) is 6.61 Å². The third-order valence-electron chi connectivity index (χ3n) is 3.97. The van der Waals surface area contributed by atoms with Crippen LogP contribution in [0, 0.1) is 12.8 Å². The van der Waals surface area contributed by atoms with Crippen LogP contribution in [0.3, 0.4) is 0 Å². The van der Waals surface area contributed by atoms with Crippen LogP contribution in [0.4, 0.5) is 4.79 Å². The van der Waals surface area contributed by atoms with E-state index < -0.39 is 6.04 Å². The van der Waals surface area contributed by atoms with Gasteiger partial charge in [-0.3, -0.25) is 0 Å². The highest BCUT2D eigenvalue weighted by Crippen LogP contribution is 2.41. The topological polar surface area (TPSA) is 74.2 Å². The highest BCUT2D eigenvalue weighted by molar-refractivity contribution is 7.09. The fourth-order valence-corrected chi connectivity index (χ4v) is 3.53. The number of amides is 2. The van der Waals surface area contributed by atoms with Crippen LogP contribution in [0.5, 0.6) is 0 Å². The summed E-state index contributed by atoms with van der Waals surface area (Å²) in [5, 5.41) is 18.4. The average Bonchev–Trinajstić information content (AvgIpc) is 3.32. The molecule has 2 unspecified atom stereocenters. The number of nitrogens with zero attached hydrogens (tertiary/aromatic N) is 1. The first-order valence-corrected chi connectivity index (χ1v) is 8.70. The smallest absolute Gasteiger partial charge is 0.315 e. The summed E-state index contributed by atoms with van der Waals surface area (Å²) in [7, 11) is 0. The number of aryl methyl sites for hydroxylation is 1. The zero-order valence-electron chi connectivity index (χ0n) is 13.0. The van der Waals surface area contributed by atoms with E-state index in [4.69, 9.17) is 0 Å². The van der Waals surface area contributed by atoms with Crippen LogP contribution in [0.2, 0.25) is 0 Å². The van der Waals surface area contributed by atoms with Crippen LogP contribution in [0.25, 0.3) is 0 Å². The van der Waals surface area contributed by atoms with Gasteiger partial charge in [0.2, 0.25) is 0 Å². The van der Waals surface area contributed by atoms with Gasteiger partial charge in [0.15, 0.2) is 0 Å². The minimum Gasteiger partial charge on any atom is -0.394 e. The molecule has 0 bridgehead atoms. The van der Waals surface area contributed by atoms with Crippen LogP contribution >= 0.6 is 11.3 Å². The average molecular weight is 331 g/mol. The Hall–Kier alpha value is -1.92. The second kappa shape index (κ2) is 7.10. The Morgan fingerprint density at radius 3 is 2.65 bits per heavy atom. The van der Waals surface area contributed by atoms with E-state index in [-0.39, 0.29) is 18.7 Å². The number of carbonyl (C=O) groups is 1. The predicted octanol–water partition coefficient (Wildman–Crippen LogP) is 2.94. The standard InChI is InChI=1S/C17H21N3O2S/c1-11-10-23-16(18-11)15(13-7-8-13)20-17(22)19-14(9-21)12-5-3-2-4-6-12/h2-6,10,13-15,21H,7-9H2,1H3,(H2,19,20,22). The van der Waals surface area contributed by atoms with Gasteiger partial charge in [0.05, 0.1) is 18.7 Å². The van der Waals surface area contributed by atoms with Gasteiger partial charge in [-0.2, -0.15) is 0 Å². The highest BCUT2D eigenvalue weighted by Gasteiger charge is 2.35. The molecule has 1 aromatic heterocycles. The van der Waals surface area contributed by atoms with Gasteiger partial charge in [-0.05, 0) is 31.2 Å². The zero-order chi connectivity index (χ0) is 16.2. The summed E-state index contributed by atoms with van der Waals surface area (Å²) >= 11 is 1.59. The Morgan fingerprint density at radius 2 is 2.09 bits per heavy atom. The van der Waals surface area contributed by atoms with Gasteiger partial charge in [0.1, 0.15) is 5.01 Å². The van der Waals surface area contributed by atoms with Crippen molar-refractivity contribution < 1.29 is 9.90 Å². The van der Waals surface area contributed by atoms with Gasteiger partial charge < -0.3 is 15.7 Å². The molecule has 0 saturated heterocycles. The minimum absolute atomic E-state index is 0.0381. The Bertz CT molecular complexity index is 655. The second-order valence-corrected chi connectivity index (χ2v) is 6.80. The fourth-order valence-electron chi connectivity index (χ4n) is 2.59. The van der Waals surface area contributed by atoms with E-state index in [0.717, 1.165) is 29.1 Å². The molecule has 3 N–H and O–H groups in total. The van der Waals surface area contributed by atoms with Crippen molar-refractivity contribution >= 4 is 17.4 Å². The first-order chi connectivity index (χ1) is 11.2. The number of thiazole rings is 1. The Labute approximate surface area is 139 Å². The number of benzene rings is 1. The van der Waals surface area contributed by atoms with Gasteiger partial charge >= 0.3 is 6.03 Å². The summed E-state index contributed by atoms with van der Waals surface area (Å²) in [6.07, 6.45) is 2.23. The molecule has 1 aliphatic rings. The molecule has 2 atom stereocenters. The molecule has 5 nitrogen and oxygen atoms in total. The summed E-state index contributed by atoms with van der Waals surface area (Å²) in [5.41, 5.74) is 1.87. The molecular formula is C17H21N3O2S. The lowest BCUT2D eigenvalue weighted by Crippen LogP contribution is -2.41. The number of rotatable bonds is 6. The van der Waals surface area contributed by atoms with E-state index >= 15 is 0 Å². The van der Waals surface area contributed by atoms with Gasteiger partial charge in [-0.15, -0.1) is 11.3 Å². The number of aromatic nitrogens is 1. The van der Waals surface area contributed by atoms with Crippen LogP contribution in [-0.4, -0.2) is 22.7 Å². The molecule has 1 aliphatic carbocycles. The maximum absolute atomic E-state index is 12.4. The van der Waals surface area contributed by atoms with Gasteiger partial charge in [-0.25, -0.2) is 9.78 Å². The molecule has 2 aromatic rings. The van der Waals surface area contributed by atoms with Gasteiger partial charge in [0.25, 0.3) is 0 Å². The lowest BCUT2D eigenvalue weighted by atomic mass is 10.1. The van der Waals surface area contributed by atoms with Crippen LogP contribution in [-0.2, 0) is 0 Å². The third kappa shape index (κ3) is 4.09. The zero-order valence-corrected chi connectivity index (χ0v) is 13.8. The lowest BCUT2D eigenvalue weighted by Gasteiger charge is -2.21. The molecule has 1 saturated carbocycles. The van der Waals surface area contributed by atoms with E-state index in [1.165, 1.54) is 0 Å². The second-order valence-electron chi connectivity index (χ2n) is 5.91. The van der Waals surface area contributed by atoms with Crippen LogP contribution < -0.4 is 10.6 Å². The van der Waals surface area contributed by atoms with E-state index in [1.54, 1.807) is 11.3 Å². The van der Waals surface area contributed by atoms with Crippen molar-refractivity contribution in [3.63, 3.8) is 0 Å². The molecule has 1 fully saturated rings. The molecule has 0 radical (unpaired) electrons. The molecular weight excluding hydrogens is 310 g/mol. The summed E-state index contributed by atoms with van der Waals surface area (Å²) in [5.74, 6) is 0.468. The first kappa shape index (κ1) is 16.0. The largest absolute Gasteiger partial charge is 0.394 e. The molecule has 2 amide bonds. The molecule has 23 heavy (non-hydrogen) atoms. The number of urea groups is 1. The van der Waals surface area contributed by atoms with Crippen molar-refractivity contribution in [3.8, 4) is 0 Å². The molecule has 0 aliphatic heterocycles. The van der Waals surface area contributed by atoms with Crippen molar-refractivity contribution in [1.82, 2.24) is 15.6 Å². The molecule has 1 heterocycles. The molecule has 1 aromatic carbocycles. The third-order valence-corrected chi connectivity index (χ3v) is 5.02. The first-order valence-electron chi connectivity index (χ1n) is 7.82. The number of hydrogen-bond donors (Lipinski definition) is 3. The number of carbonyl (C=O) groups excluding carboxylic acids is 1. The van der Waals surface area contributed by atoms with E-state index in [0.29, 0.717) is 5.92 Å². The lowest BCUT2D eigenvalue weighted by molar-refractivity contribution is 0.213. The molecule has 0 spiro atoms. The highest BCUT2D eigenvalue weighted by atomic mass is 32.1. The monoisotopic (exact) mass is 331 g/mol. The molecule has 3 rings (SSSR count). The van der Waals surface area contributed by atoms with Crippen molar-refractivity contribution in [1.29, 1.82) is 0 Å². The van der Waals surface area contributed by atoms with Crippen molar-refractivity contribution in [2.24, 2.45) is 5.92 Å². The Balaban J connectivity index is 1.65. The van der Waals surface area contributed by atoms with Gasteiger partial charge in [-0.1, -0.05) is 30.3 Å².